The fourth-order valence-corrected chi connectivity index (χ4v) is 5.42. The molecule has 2 aliphatic rings. The zero-order valence-corrected chi connectivity index (χ0v) is 21.0. The maximum Gasteiger partial charge on any atom is 0.261 e. The number of hydrogen-bond acceptors (Lipinski definition) is 5. The van der Waals surface area contributed by atoms with E-state index in [4.69, 9.17) is 11.6 Å². The summed E-state index contributed by atoms with van der Waals surface area (Å²) in [5, 5.41) is 11.4. The van der Waals surface area contributed by atoms with Crippen LogP contribution in [-0.4, -0.2) is 49.5 Å². The van der Waals surface area contributed by atoms with Crippen LogP contribution >= 0.6 is 36.4 Å². The van der Waals surface area contributed by atoms with E-state index in [1.54, 1.807) is 24.3 Å². The van der Waals surface area contributed by atoms with Crippen LogP contribution in [0, 0.1) is 0 Å². The number of nitrogens with zero attached hydrogens (tertiary/aromatic N) is 2. The van der Waals surface area contributed by atoms with Gasteiger partial charge in [-0.3, -0.25) is 14.5 Å². The molecule has 2 aromatic carbocycles. The van der Waals surface area contributed by atoms with Gasteiger partial charge in [-0.05, 0) is 88.3 Å². The fraction of sp³-hybridized carbons (Fsp3) is 0.455. The standard InChI is InChI=1S/C22H28ClN3O3S.2ClH/c23-19-5-7-21(8-6-19)30(28,29)24-20-13-17(15-25-9-1-2-10-25)22(27)18(14-20)16-26-11-3-4-12-26;;/h5-8,13-14,24,27H,1-4,9-12,15-16H2;2*1H. The third kappa shape index (κ3) is 6.65. The number of benzene rings is 2. The van der Waals surface area contributed by atoms with Crippen molar-refractivity contribution in [3.63, 3.8) is 0 Å². The number of nitrogens with one attached hydrogen (secondary N) is 1. The molecule has 0 unspecified atom stereocenters. The van der Waals surface area contributed by atoms with Crippen molar-refractivity contribution < 1.29 is 13.5 Å². The van der Waals surface area contributed by atoms with E-state index in [1.165, 1.54) is 12.1 Å². The van der Waals surface area contributed by atoms with Gasteiger partial charge in [0.15, 0.2) is 0 Å². The van der Waals surface area contributed by atoms with Crippen molar-refractivity contribution >= 4 is 52.1 Å². The van der Waals surface area contributed by atoms with Crippen molar-refractivity contribution in [3.05, 3.63) is 52.5 Å². The molecule has 10 heteroatoms. The van der Waals surface area contributed by atoms with Crippen molar-refractivity contribution in [2.75, 3.05) is 30.9 Å². The van der Waals surface area contributed by atoms with Gasteiger partial charge in [0.05, 0.1) is 4.90 Å². The van der Waals surface area contributed by atoms with Crippen LogP contribution in [0.1, 0.15) is 36.8 Å². The van der Waals surface area contributed by atoms with Gasteiger partial charge in [-0.15, -0.1) is 24.8 Å². The predicted octanol–water partition coefficient (Wildman–Crippen LogP) is 4.88. The molecule has 0 bridgehead atoms. The molecule has 0 radical (unpaired) electrons. The predicted molar refractivity (Wildman–Crippen MR) is 134 cm³/mol. The second kappa shape index (κ2) is 11.8. The number of anilines is 1. The number of aromatic hydroxyl groups is 1. The van der Waals surface area contributed by atoms with Gasteiger partial charge in [0, 0.05) is 34.9 Å². The zero-order valence-electron chi connectivity index (χ0n) is 17.8. The first kappa shape index (κ1) is 27.0. The second-order valence-electron chi connectivity index (χ2n) is 8.17. The third-order valence-electron chi connectivity index (χ3n) is 5.83. The average molecular weight is 523 g/mol. The van der Waals surface area contributed by atoms with Gasteiger partial charge in [-0.25, -0.2) is 8.42 Å². The first-order valence-electron chi connectivity index (χ1n) is 10.5. The monoisotopic (exact) mass is 521 g/mol. The lowest BCUT2D eigenvalue weighted by molar-refractivity contribution is 0.312. The quantitative estimate of drug-likeness (QED) is 0.507. The minimum Gasteiger partial charge on any atom is -0.507 e. The Morgan fingerprint density at radius 1 is 0.844 bits per heavy atom. The maximum atomic E-state index is 12.9. The molecular weight excluding hydrogens is 493 g/mol. The molecule has 2 fully saturated rings. The summed E-state index contributed by atoms with van der Waals surface area (Å²) in [5.74, 6) is 0.281. The minimum absolute atomic E-state index is 0. The molecule has 2 saturated heterocycles. The normalized spacial score (nSPS) is 17.0. The number of sulfonamides is 1. The molecule has 32 heavy (non-hydrogen) atoms. The lowest BCUT2D eigenvalue weighted by Gasteiger charge is -2.21. The van der Waals surface area contributed by atoms with Gasteiger partial charge in [0.25, 0.3) is 10.0 Å². The highest BCUT2D eigenvalue weighted by molar-refractivity contribution is 7.92. The van der Waals surface area contributed by atoms with Crippen LogP contribution < -0.4 is 4.72 Å². The Morgan fingerprint density at radius 2 is 1.28 bits per heavy atom. The van der Waals surface area contributed by atoms with E-state index in [9.17, 15) is 13.5 Å². The molecular formula is C22H30Cl3N3O3S. The summed E-state index contributed by atoms with van der Waals surface area (Å²) in [6.45, 7) is 5.25. The van der Waals surface area contributed by atoms with Gasteiger partial charge < -0.3 is 5.11 Å². The van der Waals surface area contributed by atoms with E-state index in [0.717, 1.165) is 63.0 Å². The molecule has 2 aliphatic heterocycles. The summed E-state index contributed by atoms with van der Waals surface area (Å²) < 4.78 is 28.4. The van der Waals surface area contributed by atoms with E-state index < -0.39 is 10.0 Å². The molecule has 2 aromatic rings. The Kier molecular flexibility index (Phi) is 9.94. The molecule has 2 N–H and O–H groups in total. The summed E-state index contributed by atoms with van der Waals surface area (Å²) >= 11 is 5.89. The van der Waals surface area contributed by atoms with Crippen LogP contribution in [0.4, 0.5) is 5.69 Å². The Bertz CT molecular complexity index is 952. The van der Waals surface area contributed by atoms with E-state index in [0.29, 0.717) is 23.8 Å². The highest BCUT2D eigenvalue weighted by atomic mass is 35.5. The number of rotatable bonds is 7. The Labute approximate surface area is 207 Å². The van der Waals surface area contributed by atoms with E-state index in [-0.39, 0.29) is 35.5 Å². The van der Waals surface area contributed by atoms with Crippen LogP contribution in [0.2, 0.25) is 5.02 Å². The highest BCUT2D eigenvalue weighted by Crippen LogP contribution is 2.32. The Morgan fingerprint density at radius 3 is 1.72 bits per heavy atom. The van der Waals surface area contributed by atoms with Crippen LogP contribution in [-0.2, 0) is 23.1 Å². The first-order chi connectivity index (χ1) is 14.4. The van der Waals surface area contributed by atoms with Gasteiger partial charge >= 0.3 is 0 Å². The molecule has 0 atom stereocenters. The summed E-state index contributed by atoms with van der Waals surface area (Å²) in [4.78, 5) is 4.75. The SMILES string of the molecule is Cl.Cl.O=S(=O)(Nc1cc(CN2CCCC2)c(O)c(CN2CCCC2)c1)c1ccc(Cl)cc1. The number of halogens is 3. The topological polar surface area (TPSA) is 72.9 Å². The number of phenols is 1. The van der Waals surface area contributed by atoms with Crippen LogP contribution in [0.25, 0.3) is 0 Å². The Hall–Kier alpha value is -1.22. The van der Waals surface area contributed by atoms with Crippen molar-refractivity contribution in [1.29, 1.82) is 0 Å². The van der Waals surface area contributed by atoms with E-state index in [1.807, 2.05) is 0 Å². The number of hydrogen-bond donors (Lipinski definition) is 2. The molecule has 0 saturated carbocycles. The van der Waals surface area contributed by atoms with Gasteiger partial charge in [0.2, 0.25) is 0 Å². The third-order valence-corrected chi connectivity index (χ3v) is 7.48. The largest absolute Gasteiger partial charge is 0.507 e. The van der Waals surface area contributed by atoms with E-state index >= 15 is 0 Å². The van der Waals surface area contributed by atoms with Crippen LogP contribution in [0.15, 0.2) is 41.3 Å². The summed E-state index contributed by atoms with van der Waals surface area (Å²) in [6, 6.07) is 9.61. The molecule has 6 nitrogen and oxygen atoms in total. The van der Waals surface area contributed by atoms with Crippen molar-refractivity contribution in [2.45, 2.75) is 43.7 Å². The smallest absolute Gasteiger partial charge is 0.261 e. The molecule has 0 aliphatic carbocycles. The van der Waals surface area contributed by atoms with Crippen LogP contribution in [0.3, 0.4) is 0 Å². The van der Waals surface area contributed by atoms with Crippen molar-refractivity contribution in [2.24, 2.45) is 0 Å². The number of likely N-dealkylation sites (tertiary alicyclic amines) is 2. The van der Waals surface area contributed by atoms with Crippen LogP contribution in [0.5, 0.6) is 5.75 Å². The fourth-order valence-electron chi connectivity index (χ4n) is 4.25. The molecule has 0 aromatic heterocycles. The average Bonchev–Trinajstić information content (AvgIpc) is 3.40. The van der Waals surface area contributed by atoms with Crippen molar-refractivity contribution in [3.8, 4) is 5.75 Å². The molecule has 0 spiro atoms. The minimum atomic E-state index is -3.75. The lowest BCUT2D eigenvalue weighted by atomic mass is 10.1. The molecule has 0 amide bonds. The maximum absolute atomic E-state index is 12.9. The van der Waals surface area contributed by atoms with Gasteiger partial charge in [0.1, 0.15) is 5.75 Å². The van der Waals surface area contributed by atoms with E-state index in [2.05, 4.69) is 14.5 Å². The van der Waals surface area contributed by atoms with Crippen molar-refractivity contribution in [1.82, 2.24) is 9.80 Å². The molecule has 2 heterocycles. The lowest BCUT2D eigenvalue weighted by Crippen LogP contribution is -2.21. The summed E-state index contributed by atoms with van der Waals surface area (Å²) in [7, 11) is -3.75. The second-order valence-corrected chi connectivity index (χ2v) is 10.3. The van der Waals surface area contributed by atoms with Gasteiger partial charge in [-0.2, -0.15) is 0 Å². The zero-order chi connectivity index (χ0) is 21.1. The molecule has 178 valence electrons. The first-order valence-corrected chi connectivity index (χ1v) is 12.3. The summed E-state index contributed by atoms with van der Waals surface area (Å²) in [6.07, 6.45) is 4.63. The van der Waals surface area contributed by atoms with Gasteiger partial charge in [-0.1, -0.05) is 11.6 Å². The Balaban J connectivity index is 0.00000181. The highest BCUT2D eigenvalue weighted by Gasteiger charge is 2.21. The number of phenolic OH excluding ortho intramolecular Hbond substituents is 1. The summed E-state index contributed by atoms with van der Waals surface area (Å²) in [5.41, 5.74) is 2.01. The molecule has 4 rings (SSSR count).